The molecule has 0 saturated heterocycles. The van der Waals surface area contributed by atoms with Crippen LogP contribution in [0.5, 0.6) is 0 Å². The fourth-order valence-corrected chi connectivity index (χ4v) is 3.17. The van der Waals surface area contributed by atoms with Crippen molar-refractivity contribution < 1.29 is 4.79 Å². The minimum atomic E-state index is 0.317. The molecule has 0 spiro atoms. The lowest BCUT2D eigenvalue weighted by Crippen LogP contribution is -2.19. The van der Waals surface area contributed by atoms with E-state index in [0.29, 0.717) is 17.8 Å². The summed E-state index contributed by atoms with van der Waals surface area (Å²) in [6, 6.07) is 0. The van der Waals surface area contributed by atoms with Crippen molar-refractivity contribution in [2.75, 3.05) is 0 Å². The van der Waals surface area contributed by atoms with E-state index in [1.807, 2.05) is 0 Å². The van der Waals surface area contributed by atoms with Crippen molar-refractivity contribution in [2.45, 2.75) is 73.1 Å². The zero-order valence-electron chi connectivity index (χ0n) is 14.5. The molecule has 0 amide bonds. The quantitative estimate of drug-likeness (QED) is 0.413. The van der Waals surface area contributed by atoms with Crippen LogP contribution < -0.4 is 0 Å². The van der Waals surface area contributed by atoms with E-state index in [4.69, 9.17) is 0 Å². The van der Waals surface area contributed by atoms with Gasteiger partial charge in [0.15, 0.2) is 0 Å². The van der Waals surface area contributed by atoms with Crippen molar-refractivity contribution >= 4 is 6.29 Å². The minimum absolute atomic E-state index is 0.317. The van der Waals surface area contributed by atoms with E-state index in [-0.39, 0.29) is 0 Å². The number of carbonyl (C=O) groups excluding carboxylic acids is 1. The third-order valence-electron chi connectivity index (χ3n) is 4.68. The monoisotopic (exact) mass is 288 g/mol. The summed E-state index contributed by atoms with van der Waals surface area (Å²) in [7, 11) is 0. The van der Waals surface area contributed by atoms with Crippen LogP contribution in [0.15, 0.2) is 34.9 Å². The Bertz CT molecular complexity index is 435. The van der Waals surface area contributed by atoms with Gasteiger partial charge in [-0.15, -0.1) is 0 Å². The Morgan fingerprint density at radius 2 is 2.10 bits per heavy atom. The van der Waals surface area contributed by atoms with E-state index in [0.717, 1.165) is 19.1 Å². The van der Waals surface area contributed by atoms with Crippen LogP contribution in [0.2, 0.25) is 0 Å². The topological polar surface area (TPSA) is 17.1 Å². The summed E-state index contributed by atoms with van der Waals surface area (Å²) in [5, 5.41) is 0. The largest absolute Gasteiger partial charge is 0.303 e. The summed E-state index contributed by atoms with van der Waals surface area (Å²) < 4.78 is 0. The molecule has 1 unspecified atom stereocenters. The number of carbonyl (C=O) groups is 1. The summed E-state index contributed by atoms with van der Waals surface area (Å²) in [5.74, 6) is 0.498. The van der Waals surface area contributed by atoms with E-state index in [2.05, 4.69) is 52.8 Å². The van der Waals surface area contributed by atoms with Gasteiger partial charge in [-0.3, -0.25) is 0 Å². The lowest BCUT2D eigenvalue weighted by atomic mass is 9.72. The molecule has 0 aliphatic heterocycles. The third kappa shape index (κ3) is 6.03. The van der Waals surface area contributed by atoms with Gasteiger partial charge in [0.25, 0.3) is 0 Å². The van der Waals surface area contributed by atoms with E-state index in [1.54, 1.807) is 5.57 Å². The summed E-state index contributed by atoms with van der Waals surface area (Å²) in [6.45, 7) is 11.3. The molecule has 1 aliphatic carbocycles. The van der Waals surface area contributed by atoms with Crippen LogP contribution in [0.1, 0.15) is 73.1 Å². The molecule has 118 valence electrons. The molecule has 0 aromatic carbocycles. The van der Waals surface area contributed by atoms with Gasteiger partial charge < -0.3 is 4.79 Å². The molecule has 1 nitrogen and oxygen atoms in total. The van der Waals surface area contributed by atoms with Crippen LogP contribution in [-0.4, -0.2) is 6.29 Å². The van der Waals surface area contributed by atoms with E-state index < -0.39 is 0 Å². The highest BCUT2D eigenvalue weighted by atomic mass is 16.1. The van der Waals surface area contributed by atoms with Gasteiger partial charge in [-0.05, 0) is 62.9 Å². The van der Waals surface area contributed by atoms with Crippen LogP contribution in [-0.2, 0) is 4.79 Å². The molecule has 0 radical (unpaired) electrons. The highest BCUT2D eigenvalue weighted by molar-refractivity contribution is 5.49. The molecule has 0 saturated carbocycles. The maximum Gasteiger partial charge on any atom is 0.120 e. The van der Waals surface area contributed by atoms with Gasteiger partial charge in [0, 0.05) is 6.42 Å². The molecule has 0 aromatic rings. The van der Waals surface area contributed by atoms with E-state index >= 15 is 0 Å². The second-order valence-corrected chi connectivity index (χ2v) is 7.30. The average Bonchev–Trinajstić information content (AvgIpc) is 2.37. The van der Waals surface area contributed by atoms with Crippen molar-refractivity contribution in [1.82, 2.24) is 0 Å². The zero-order chi connectivity index (χ0) is 15.9. The minimum Gasteiger partial charge on any atom is -0.303 e. The Kier molecular flexibility index (Phi) is 7.14. The first kappa shape index (κ1) is 17.9. The Hall–Kier alpha value is -1.11. The van der Waals surface area contributed by atoms with Gasteiger partial charge in [-0.1, -0.05) is 50.1 Å². The molecular formula is C20H32O. The van der Waals surface area contributed by atoms with Crippen LogP contribution in [0, 0.1) is 11.3 Å². The van der Waals surface area contributed by atoms with Gasteiger partial charge in [0.1, 0.15) is 6.29 Å². The van der Waals surface area contributed by atoms with Gasteiger partial charge in [-0.25, -0.2) is 0 Å². The van der Waals surface area contributed by atoms with Crippen LogP contribution in [0.25, 0.3) is 0 Å². The summed E-state index contributed by atoms with van der Waals surface area (Å²) in [6.07, 6.45) is 14.6. The second kappa shape index (κ2) is 8.36. The normalized spacial score (nSPS) is 20.9. The van der Waals surface area contributed by atoms with Gasteiger partial charge in [0.2, 0.25) is 0 Å². The standard InChI is InChI=1S/C20H32O/c1-16(8-6-9-17(2)13-15-21)11-12-19-18(3)10-7-14-20(19,4)5/h8,11-12,15,17H,6-7,9-10,13-14H2,1-5H3/b12-11+,16-8+. The van der Waals surface area contributed by atoms with Crippen LogP contribution in [0.3, 0.4) is 0 Å². The molecule has 1 heteroatoms. The average molecular weight is 288 g/mol. The fraction of sp³-hybridized carbons (Fsp3) is 0.650. The summed E-state index contributed by atoms with van der Waals surface area (Å²) in [4.78, 5) is 10.4. The predicted molar refractivity (Wildman–Crippen MR) is 92.3 cm³/mol. The van der Waals surface area contributed by atoms with Crippen molar-refractivity contribution in [3.63, 3.8) is 0 Å². The molecular weight excluding hydrogens is 256 g/mol. The molecule has 1 rings (SSSR count). The lowest BCUT2D eigenvalue weighted by Gasteiger charge is -2.32. The molecule has 0 N–H and O–H groups in total. The van der Waals surface area contributed by atoms with Gasteiger partial charge in [-0.2, -0.15) is 0 Å². The molecule has 0 aromatic heterocycles. The van der Waals surface area contributed by atoms with E-state index in [9.17, 15) is 4.79 Å². The maximum atomic E-state index is 10.4. The van der Waals surface area contributed by atoms with Crippen LogP contribution in [0.4, 0.5) is 0 Å². The first-order valence-corrected chi connectivity index (χ1v) is 8.35. The molecule has 1 aliphatic rings. The Morgan fingerprint density at radius 3 is 2.71 bits per heavy atom. The number of hydrogen-bond donors (Lipinski definition) is 0. The molecule has 0 fully saturated rings. The fourth-order valence-electron chi connectivity index (χ4n) is 3.17. The molecule has 1 atom stereocenters. The van der Waals surface area contributed by atoms with E-state index in [1.165, 1.54) is 30.4 Å². The van der Waals surface area contributed by atoms with Crippen molar-refractivity contribution in [1.29, 1.82) is 0 Å². The number of allylic oxidation sites excluding steroid dienone is 6. The smallest absolute Gasteiger partial charge is 0.120 e. The Balaban J connectivity index is 2.60. The molecule has 0 heterocycles. The highest BCUT2D eigenvalue weighted by Gasteiger charge is 2.26. The second-order valence-electron chi connectivity index (χ2n) is 7.30. The SMILES string of the molecule is CC1=C(/C=C/C(C)=C/CCC(C)CC=O)C(C)(C)CCC1. The summed E-state index contributed by atoms with van der Waals surface area (Å²) in [5.41, 5.74) is 4.72. The first-order chi connectivity index (χ1) is 9.86. The van der Waals surface area contributed by atoms with Gasteiger partial charge >= 0.3 is 0 Å². The molecule has 21 heavy (non-hydrogen) atoms. The Labute approximate surface area is 131 Å². The molecule has 0 bridgehead atoms. The lowest BCUT2D eigenvalue weighted by molar-refractivity contribution is -0.108. The number of rotatable bonds is 7. The van der Waals surface area contributed by atoms with Crippen molar-refractivity contribution in [2.24, 2.45) is 11.3 Å². The van der Waals surface area contributed by atoms with Crippen LogP contribution >= 0.6 is 0 Å². The number of hydrogen-bond acceptors (Lipinski definition) is 1. The first-order valence-electron chi connectivity index (χ1n) is 8.35. The predicted octanol–water partition coefficient (Wildman–Crippen LogP) is 6.02. The van der Waals surface area contributed by atoms with Crippen molar-refractivity contribution in [3.05, 3.63) is 34.9 Å². The zero-order valence-corrected chi connectivity index (χ0v) is 14.5. The summed E-state index contributed by atoms with van der Waals surface area (Å²) >= 11 is 0. The maximum absolute atomic E-state index is 10.4. The Morgan fingerprint density at radius 1 is 1.38 bits per heavy atom. The van der Waals surface area contributed by atoms with Crippen molar-refractivity contribution in [3.8, 4) is 0 Å². The number of aldehydes is 1. The third-order valence-corrected chi connectivity index (χ3v) is 4.68. The highest BCUT2D eigenvalue weighted by Crippen LogP contribution is 2.40. The van der Waals surface area contributed by atoms with Gasteiger partial charge in [0.05, 0.1) is 0 Å².